The molecule has 13 heavy (non-hydrogen) atoms. The first-order valence-electron chi connectivity index (χ1n) is 4.61. The average Bonchev–Trinajstić information content (AvgIpc) is 2.55. The van der Waals surface area contributed by atoms with Crippen LogP contribution in [0.5, 0.6) is 0 Å². The Labute approximate surface area is 77.9 Å². The van der Waals surface area contributed by atoms with Crippen molar-refractivity contribution in [1.82, 2.24) is 0 Å². The second-order valence-electron chi connectivity index (χ2n) is 3.76. The van der Waals surface area contributed by atoms with Crippen LogP contribution in [0.15, 0.2) is 22.8 Å². The zero-order chi connectivity index (χ0) is 9.31. The molecule has 0 amide bonds. The van der Waals surface area contributed by atoms with E-state index in [1.165, 1.54) is 0 Å². The maximum atomic E-state index is 5.68. The van der Waals surface area contributed by atoms with E-state index in [2.05, 4.69) is 6.92 Å². The van der Waals surface area contributed by atoms with E-state index >= 15 is 0 Å². The molecule has 2 rings (SSSR count). The molecule has 1 aromatic rings. The molecule has 1 aliphatic heterocycles. The maximum Gasteiger partial charge on any atom is 0.114 e. The Kier molecular flexibility index (Phi) is 2.14. The molecule has 0 aromatic carbocycles. The van der Waals surface area contributed by atoms with Gasteiger partial charge < -0.3 is 14.9 Å². The lowest BCUT2D eigenvalue weighted by molar-refractivity contribution is -0.0952. The molecule has 1 saturated heterocycles. The van der Waals surface area contributed by atoms with Crippen LogP contribution in [0.2, 0.25) is 0 Å². The van der Waals surface area contributed by atoms with Crippen LogP contribution in [-0.2, 0) is 10.2 Å². The van der Waals surface area contributed by atoms with Crippen molar-refractivity contribution in [3.05, 3.63) is 24.2 Å². The van der Waals surface area contributed by atoms with Crippen molar-refractivity contribution < 1.29 is 9.15 Å². The molecule has 1 atom stereocenters. The van der Waals surface area contributed by atoms with Crippen molar-refractivity contribution in [2.75, 3.05) is 19.8 Å². The number of furan rings is 1. The monoisotopic (exact) mass is 181 g/mol. The fourth-order valence-corrected chi connectivity index (χ4v) is 1.78. The second kappa shape index (κ2) is 3.16. The molecule has 0 bridgehead atoms. The van der Waals surface area contributed by atoms with Gasteiger partial charge in [0.2, 0.25) is 0 Å². The van der Waals surface area contributed by atoms with Crippen molar-refractivity contribution in [3.63, 3.8) is 0 Å². The summed E-state index contributed by atoms with van der Waals surface area (Å²) in [6, 6.07) is 3.92. The van der Waals surface area contributed by atoms with Gasteiger partial charge in [-0.15, -0.1) is 0 Å². The van der Waals surface area contributed by atoms with Crippen LogP contribution < -0.4 is 5.73 Å². The number of rotatable bonds is 3. The van der Waals surface area contributed by atoms with E-state index in [0.717, 1.165) is 19.0 Å². The number of hydrogen-bond acceptors (Lipinski definition) is 3. The zero-order valence-electron chi connectivity index (χ0n) is 7.82. The first-order chi connectivity index (χ1) is 6.29. The third-order valence-electron chi connectivity index (χ3n) is 3.03. The van der Waals surface area contributed by atoms with Gasteiger partial charge in [-0.3, -0.25) is 0 Å². The summed E-state index contributed by atoms with van der Waals surface area (Å²) < 4.78 is 10.7. The lowest BCUT2D eigenvalue weighted by Crippen LogP contribution is -2.53. The normalized spacial score (nSPS) is 22.3. The van der Waals surface area contributed by atoms with E-state index < -0.39 is 0 Å². The van der Waals surface area contributed by atoms with Crippen molar-refractivity contribution >= 4 is 0 Å². The maximum absolute atomic E-state index is 5.68. The molecule has 72 valence electrons. The summed E-state index contributed by atoms with van der Waals surface area (Å²) in [7, 11) is 0. The van der Waals surface area contributed by atoms with E-state index in [-0.39, 0.29) is 5.41 Å². The fraction of sp³-hybridized carbons (Fsp3) is 0.600. The summed E-state index contributed by atoms with van der Waals surface area (Å²) in [6.45, 7) is 4.28. The zero-order valence-corrected chi connectivity index (χ0v) is 7.82. The van der Waals surface area contributed by atoms with E-state index in [1.807, 2.05) is 12.1 Å². The number of hydrogen-bond donors (Lipinski definition) is 1. The topological polar surface area (TPSA) is 48.4 Å². The van der Waals surface area contributed by atoms with Gasteiger partial charge in [-0.25, -0.2) is 0 Å². The van der Waals surface area contributed by atoms with Gasteiger partial charge in [0.25, 0.3) is 0 Å². The Morgan fingerprint density at radius 2 is 2.38 bits per heavy atom. The molecule has 0 aliphatic carbocycles. The lowest BCUT2D eigenvalue weighted by Gasteiger charge is -2.44. The van der Waals surface area contributed by atoms with E-state index in [9.17, 15) is 0 Å². The highest BCUT2D eigenvalue weighted by Gasteiger charge is 2.46. The average molecular weight is 181 g/mol. The molecule has 3 heteroatoms. The van der Waals surface area contributed by atoms with Crippen LogP contribution in [0.25, 0.3) is 0 Å². The number of ether oxygens (including phenoxy) is 1. The number of nitrogens with two attached hydrogens (primary N) is 1. The van der Waals surface area contributed by atoms with Gasteiger partial charge in [0.15, 0.2) is 0 Å². The molecule has 1 fully saturated rings. The molecule has 3 nitrogen and oxygen atoms in total. The summed E-state index contributed by atoms with van der Waals surface area (Å²) in [6.07, 6.45) is 1.71. The highest BCUT2D eigenvalue weighted by atomic mass is 16.5. The fourth-order valence-electron chi connectivity index (χ4n) is 1.78. The molecular formula is C10H15NO2. The van der Waals surface area contributed by atoms with Crippen molar-refractivity contribution in [1.29, 1.82) is 0 Å². The molecular weight excluding hydrogens is 166 g/mol. The van der Waals surface area contributed by atoms with Crippen LogP contribution in [0.1, 0.15) is 12.7 Å². The summed E-state index contributed by atoms with van der Waals surface area (Å²) >= 11 is 0. The Hall–Kier alpha value is -0.800. The molecule has 2 N–H and O–H groups in total. The Bertz CT molecular complexity index is 264. The molecule has 1 aliphatic rings. The highest BCUT2D eigenvalue weighted by molar-refractivity contribution is 5.19. The summed E-state index contributed by atoms with van der Waals surface area (Å²) in [5.41, 5.74) is 5.72. The predicted molar refractivity (Wildman–Crippen MR) is 49.4 cm³/mol. The first-order valence-corrected chi connectivity index (χ1v) is 4.61. The van der Waals surface area contributed by atoms with Crippen LogP contribution >= 0.6 is 0 Å². The van der Waals surface area contributed by atoms with Crippen LogP contribution in [-0.4, -0.2) is 19.8 Å². The van der Waals surface area contributed by atoms with Crippen LogP contribution in [0.4, 0.5) is 0 Å². The van der Waals surface area contributed by atoms with E-state index in [1.54, 1.807) is 6.26 Å². The molecule has 0 spiro atoms. The smallest absolute Gasteiger partial charge is 0.114 e. The van der Waals surface area contributed by atoms with Gasteiger partial charge >= 0.3 is 0 Å². The Balaban J connectivity index is 2.25. The second-order valence-corrected chi connectivity index (χ2v) is 3.76. The van der Waals surface area contributed by atoms with Gasteiger partial charge in [0.05, 0.1) is 24.9 Å². The summed E-state index contributed by atoms with van der Waals surface area (Å²) in [5.74, 6) is 1.42. The summed E-state index contributed by atoms with van der Waals surface area (Å²) in [5, 5.41) is 0. The van der Waals surface area contributed by atoms with Gasteiger partial charge in [0.1, 0.15) is 5.76 Å². The quantitative estimate of drug-likeness (QED) is 0.760. The van der Waals surface area contributed by atoms with Gasteiger partial charge in [-0.1, -0.05) is 6.92 Å². The van der Waals surface area contributed by atoms with Crippen molar-refractivity contribution in [3.8, 4) is 0 Å². The first kappa shape index (κ1) is 8.78. The van der Waals surface area contributed by atoms with Crippen molar-refractivity contribution in [2.45, 2.75) is 12.3 Å². The van der Waals surface area contributed by atoms with E-state index in [4.69, 9.17) is 14.9 Å². The molecule has 1 unspecified atom stereocenters. The summed E-state index contributed by atoms with van der Waals surface area (Å²) in [4.78, 5) is 0. The standard InChI is InChI=1S/C10H15NO2/c1-8(5-11)10(6-12-7-10)9-3-2-4-13-9/h2-4,8H,5-7,11H2,1H3. The Morgan fingerprint density at radius 3 is 2.77 bits per heavy atom. The minimum Gasteiger partial charge on any atom is -0.469 e. The van der Waals surface area contributed by atoms with Gasteiger partial charge in [-0.2, -0.15) is 0 Å². The predicted octanol–water partition coefficient (Wildman–Crippen LogP) is 1.14. The third kappa shape index (κ3) is 1.19. The van der Waals surface area contributed by atoms with Crippen LogP contribution in [0, 0.1) is 5.92 Å². The minimum absolute atomic E-state index is 0.0399. The molecule has 0 saturated carbocycles. The Morgan fingerprint density at radius 1 is 1.62 bits per heavy atom. The third-order valence-corrected chi connectivity index (χ3v) is 3.03. The lowest BCUT2D eigenvalue weighted by atomic mass is 9.72. The SMILES string of the molecule is CC(CN)C1(c2ccco2)COC1. The van der Waals surface area contributed by atoms with Crippen LogP contribution in [0.3, 0.4) is 0 Å². The molecule has 2 heterocycles. The van der Waals surface area contributed by atoms with Gasteiger partial charge in [0, 0.05) is 0 Å². The largest absolute Gasteiger partial charge is 0.469 e. The van der Waals surface area contributed by atoms with E-state index in [0.29, 0.717) is 12.5 Å². The van der Waals surface area contributed by atoms with Crippen molar-refractivity contribution in [2.24, 2.45) is 11.7 Å². The molecule has 0 radical (unpaired) electrons. The molecule has 1 aromatic heterocycles. The highest BCUT2D eigenvalue weighted by Crippen LogP contribution is 2.39. The van der Waals surface area contributed by atoms with Gasteiger partial charge in [-0.05, 0) is 24.6 Å². The minimum atomic E-state index is 0.0399.